The predicted molar refractivity (Wildman–Crippen MR) is 78.7 cm³/mol. The molecule has 1 amide bonds. The van der Waals surface area contributed by atoms with Gasteiger partial charge in [0, 0.05) is 17.5 Å². The maximum Gasteiger partial charge on any atom is 0.434 e. The molecule has 0 atom stereocenters. The van der Waals surface area contributed by atoms with Crippen LogP contribution in [0, 0.1) is 0 Å². The normalized spacial score (nSPS) is 11.5. The van der Waals surface area contributed by atoms with Crippen LogP contribution in [0.15, 0.2) is 29.6 Å². The third-order valence-electron chi connectivity index (χ3n) is 2.91. The Hall–Kier alpha value is -1.60. The molecule has 0 N–H and O–H groups in total. The van der Waals surface area contributed by atoms with E-state index >= 15 is 0 Å². The van der Waals surface area contributed by atoms with E-state index in [0.29, 0.717) is 5.02 Å². The number of aromatic nitrogens is 1. The van der Waals surface area contributed by atoms with Crippen molar-refractivity contribution in [2.45, 2.75) is 19.1 Å². The maximum absolute atomic E-state index is 12.5. The van der Waals surface area contributed by atoms with Gasteiger partial charge in [-0.15, -0.1) is 11.3 Å². The molecule has 0 aliphatic rings. The van der Waals surface area contributed by atoms with Gasteiger partial charge in [-0.1, -0.05) is 23.7 Å². The number of hydrogen-bond donors (Lipinski definition) is 0. The lowest BCUT2D eigenvalue weighted by atomic mass is 10.1. The summed E-state index contributed by atoms with van der Waals surface area (Å²) in [6.07, 6.45) is -4.30. The van der Waals surface area contributed by atoms with Gasteiger partial charge in [-0.2, -0.15) is 13.2 Å². The summed E-state index contributed by atoms with van der Waals surface area (Å²) in [5.74, 6) is -0.203. The molecule has 0 spiro atoms. The van der Waals surface area contributed by atoms with E-state index in [1.807, 2.05) is 0 Å². The third kappa shape index (κ3) is 4.45. The summed E-state index contributed by atoms with van der Waals surface area (Å²) >= 11 is 6.65. The lowest BCUT2D eigenvalue weighted by Crippen LogP contribution is -2.27. The van der Waals surface area contributed by atoms with Crippen molar-refractivity contribution in [2.24, 2.45) is 0 Å². The molecule has 22 heavy (non-hydrogen) atoms. The van der Waals surface area contributed by atoms with Crippen LogP contribution >= 0.6 is 22.9 Å². The smallest absolute Gasteiger partial charge is 0.339 e. The Labute approximate surface area is 134 Å². The van der Waals surface area contributed by atoms with Gasteiger partial charge in [0.15, 0.2) is 5.69 Å². The number of carbonyl (C=O) groups excluding carboxylic acids is 1. The molecule has 0 aliphatic heterocycles. The third-order valence-corrected chi connectivity index (χ3v) is 3.99. The first-order chi connectivity index (χ1) is 10.3. The number of alkyl halides is 3. The average molecular weight is 349 g/mol. The van der Waals surface area contributed by atoms with E-state index in [-0.39, 0.29) is 23.9 Å². The van der Waals surface area contributed by atoms with Gasteiger partial charge >= 0.3 is 6.18 Å². The van der Waals surface area contributed by atoms with Crippen molar-refractivity contribution in [3.63, 3.8) is 0 Å². The molecule has 0 aliphatic carbocycles. The predicted octanol–water partition coefficient (Wildman–Crippen LogP) is 4.02. The van der Waals surface area contributed by atoms with Crippen LogP contribution < -0.4 is 0 Å². The van der Waals surface area contributed by atoms with Gasteiger partial charge < -0.3 is 4.90 Å². The number of carbonyl (C=O) groups is 1. The molecule has 2 rings (SSSR count). The van der Waals surface area contributed by atoms with Crippen LogP contribution in [-0.4, -0.2) is 22.8 Å². The summed E-state index contributed by atoms with van der Waals surface area (Å²) in [6, 6.07) is 6.83. The van der Waals surface area contributed by atoms with Crippen LogP contribution in [0.5, 0.6) is 0 Å². The van der Waals surface area contributed by atoms with Crippen LogP contribution in [0.4, 0.5) is 13.2 Å². The van der Waals surface area contributed by atoms with Gasteiger partial charge in [-0.3, -0.25) is 4.79 Å². The van der Waals surface area contributed by atoms with Gasteiger partial charge in [0.2, 0.25) is 5.91 Å². The zero-order valence-electron chi connectivity index (χ0n) is 11.5. The van der Waals surface area contributed by atoms with Crippen molar-refractivity contribution in [1.82, 2.24) is 9.88 Å². The molecule has 2 aromatic rings. The van der Waals surface area contributed by atoms with E-state index in [1.54, 1.807) is 24.3 Å². The Kier molecular flexibility index (Phi) is 5.08. The molecule has 0 radical (unpaired) electrons. The van der Waals surface area contributed by atoms with Crippen LogP contribution in [-0.2, 0) is 23.9 Å². The Morgan fingerprint density at radius 3 is 2.50 bits per heavy atom. The lowest BCUT2D eigenvalue weighted by Gasteiger charge is -2.15. The Balaban J connectivity index is 1.96. The molecule has 8 heteroatoms. The fourth-order valence-corrected chi connectivity index (χ4v) is 2.70. The highest BCUT2D eigenvalue weighted by Crippen LogP contribution is 2.30. The summed E-state index contributed by atoms with van der Waals surface area (Å²) in [4.78, 5) is 16.9. The fourth-order valence-electron chi connectivity index (χ4n) is 1.72. The molecule has 0 unspecified atom stereocenters. The van der Waals surface area contributed by atoms with E-state index in [9.17, 15) is 18.0 Å². The molecule has 0 bridgehead atoms. The quantitative estimate of drug-likeness (QED) is 0.836. The summed E-state index contributed by atoms with van der Waals surface area (Å²) in [5.41, 5.74) is -0.137. The lowest BCUT2D eigenvalue weighted by molar-refractivity contribution is -0.140. The highest BCUT2D eigenvalue weighted by atomic mass is 35.5. The van der Waals surface area contributed by atoms with E-state index in [1.165, 1.54) is 11.9 Å². The molecule has 3 nitrogen and oxygen atoms in total. The summed E-state index contributed by atoms with van der Waals surface area (Å²) in [6.45, 7) is 0.0488. The SMILES string of the molecule is CN(Cc1nc(C(F)(F)F)cs1)C(=O)Cc1ccc(Cl)cc1. The molecule has 0 saturated heterocycles. The zero-order chi connectivity index (χ0) is 16.3. The van der Waals surface area contributed by atoms with E-state index in [4.69, 9.17) is 11.6 Å². The van der Waals surface area contributed by atoms with Gasteiger partial charge in [0.05, 0.1) is 13.0 Å². The molecule has 0 fully saturated rings. The van der Waals surface area contributed by atoms with Crippen LogP contribution in [0.25, 0.3) is 0 Å². The average Bonchev–Trinajstić information content (AvgIpc) is 2.90. The van der Waals surface area contributed by atoms with Crippen LogP contribution in [0.3, 0.4) is 0 Å². The number of benzene rings is 1. The summed E-state index contributed by atoms with van der Waals surface area (Å²) < 4.78 is 37.4. The topological polar surface area (TPSA) is 33.2 Å². The number of hydrogen-bond acceptors (Lipinski definition) is 3. The number of likely N-dealkylation sites (N-methyl/N-ethyl adjacent to an activating group) is 1. The van der Waals surface area contributed by atoms with Crippen molar-refractivity contribution in [1.29, 1.82) is 0 Å². The Morgan fingerprint density at radius 1 is 1.32 bits per heavy atom. The largest absolute Gasteiger partial charge is 0.434 e. The summed E-state index contributed by atoms with van der Waals surface area (Å²) in [5, 5.41) is 1.78. The minimum absolute atomic E-state index is 0.0488. The second kappa shape index (κ2) is 6.66. The Morgan fingerprint density at radius 2 is 1.95 bits per heavy atom. The van der Waals surface area contributed by atoms with Gasteiger partial charge in [0.1, 0.15) is 5.01 Å². The molecular formula is C14H12ClF3N2OS. The second-order valence-electron chi connectivity index (χ2n) is 4.68. The number of halogens is 4. The van der Waals surface area contributed by atoms with Crippen molar-refractivity contribution >= 4 is 28.8 Å². The van der Waals surface area contributed by atoms with E-state index in [0.717, 1.165) is 22.3 Å². The fraction of sp³-hybridized carbons (Fsp3) is 0.286. The molecule has 118 valence electrons. The maximum atomic E-state index is 12.5. The van der Waals surface area contributed by atoms with Gasteiger partial charge in [0.25, 0.3) is 0 Å². The van der Waals surface area contributed by atoms with Crippen molar-refractivity contribution in [2.75, 3.05) is 7.05 Å². The van der Waals surface area contributed by atoms with Crippen LogP contribution in [0.2, 0.25) is 5.02 Å². The minimum atomic E-state index is -4.46. The monoisotopic (exact) mass is 348 g/mol. The van der Waals surface area contributed by atoms with Gasteiger partial charge in [-0.25, -0.2) is 4.98 Å². The van der Waals surface area contributed by atoms with Crippen molar-refractivity contribution < 1.29 is 18.0 Å². The number of rotatable bonds is 4. The highest BCUT2D eigenvalue weighted by molar-refractivity contribution is 7.09. The van der Waals surface area contributed by atoms with E-state index < -0.39 is 11.9 Å². The second-order valence-corrected chi connectivity index (χ2v) is 6.06. The molecule has 1 aromatic carbocycles. The van der Waals surface area contributed by atoms with E-state index in [2.05, 4.69) is 4.98 Å². The first-order valence-electron chi connectivity index (χ1n) is 6.25. The first kappa shape index (κ1) is 16.8. The molecule has 1 aromatic heterocycles. The Bertz CT molecular complexity index is 655. The number of amides is 1. The first-order valence-corrected chi connectivity index (χ1v) is 7.51. The van der Waals surface area contributed by atoms with Gasteiger partial charge in [-0.05, 0) is 17.7 Å². The van der Waals surface area contributed by atoms with Crippen LogP contribution in [0.1, 0.15) is 16.3 Å². The standard InChI is InChI=1S/C14H12ClF3N2OS/c1-20(7-12-19-11(8-22-12)14(16,17)18)13(21)6-9-2-4-10(15)5-3-9/h2-5,8H,6-7H2,1H3. The molecule has 1 heterocycles. The van der Waals surface area contributed by atoms with Crippen molar-refractivity contribution in [3.05, 3.63) is 50.9 Å². The minimum Gasteiger partial charge on any atom is -0.339 e. The number of nitrogens with zero attached hydrogens (tertiary/aromatic N) is 2. The van der Waals surface area contributed by atoms with Crippen molar-refractivity contribution in [3.8, 4) is 0 Å². The zero-order valence-corrected chi connectivity index (χ0v) is 13.1. The molecule has 0 saturated carbocycles. The molecular weight excluding hydrogens is 337 g/mol. The number of thiazole rings is 1. The summed E-state index contributed by atoms with van der Waals surface area (Å²) in [7, 11) is 1.53. The highest BCUT2D eigenvalue weighted by Gasteiger charge is 2.33.